The van der Waals surface area contributed by atoms with Gasteiger partial charge in [-0.3, -0.25) is 4.79 Å². The minimum atomic E-state index is -0.255. The summed E-state index contributed by atoms with van der Waals surface area (Å²) in [7, 11) is 0. The Bertz CT molecular complexity index is 846. The number of para-hydroxylation sites is 1. The minimum absolute atomic E-state index is 0.0660. The predicted molar refractivity (Wildman–Crippen MR) is 110 cm³/mol. The Balaban J connectivity index is 1.42. The third-order valence-corrected chi connectivity index (χ3v) is 7.58. The molecule has 1 heterocycles. The minimum Gasteiger partial charge on any atom is -0.352 e. The molecule has 4 rings (SSSR count). The van der Waals surface area contributed by atoms with Crippen LogP contribution in [0.15, 0.2) is 23.4 Å². The summed E-state index contributed by atoms with van der Waals surface area (Å²) in [4.78, 5) is 12.8. The van der Waals surface area contributed by atoms with Crippen LogP contribution < -0.4 is 5.32 Å². The molecule has 1 N–H and O–H groups in total. The number of hydrogen-bond donors (Lipinski definition) is 1. The van der Waals surface area contributed by atoms with Crippen molar-refractivity contribution in [3.63, 3.8) is 0 Å². The number of nitrogens with zero attached hydrogens (tertiary/aromatic N) is 4. The van der Waals surface area contributed by atoms with Gasteiger partial charge in [0.05, 0.1) is 10.9 Å². The summed E-state index contributed by atoms with van der Waals surface area (Å²) in [5.74, 6) is 2.40. The number of carbonyl (C=O) groups is 1. The van der Waals surface area contributed by atoms with Gasteiger partial charge in [-0.15, -0.1) is 5.10 Å². The van der Waals surface area contributed by atoms with Crippen molar-refractivity contribution in [3.8, 4) is 5.69 Å². The molecule has 5 unspecified atom stereocenters. The first kappa shape index (κ1) is 19.4. The maximum atomic E-state index is 12.8. The van der Waals surface area contributed by atoms with Gasteiger partial charge in [-0.1, -0.05) is 36.4 Å². The molecule has 150 valence electrons. The molecular formula is C21H29N5OS. The van der Waals surface area contributed by atoms with E-state index >= 15 is 0 Å². The quantitative estimate of drug-likeness (QED) is 0.750. The molecule has 2 bridgehead atoms. The normalized spacial score (nSPS) is 25.6. The van der Waals surface area contributed by atoms with E-state index in [1.807, 2.05) is 39.0 Å². The highest BCUT2D eigenvalue weighted by atomic mass is 32.2. The number of aryl methyl sites for hydroxylation is 2. The Labute approximate surface area is 170 Å². The topological polar surface area (TPSA) is 72.7 Å². The number of amides is 1. The largest absolute Gasteiger partial charge is 0.352 e. The Kier molecular flexibility index (Phi) is 5.45. The maximum Gasteiger partial charge on any atom is 0.233 e. The van der Waals surface area contributed by atoms with Crippen molar-refractivity contribution in [2.45, 2.75) is 69.8 Å². The first-order valence-corrected chi connectivity index (χ1v) is 11.1. The smallest absolute Gasteiger partial charge is 0.233 e. The van der Waals surface area contributed by atoms with Gasteiger partial charge in [-0.25, -0.2) is 0 Å². The number of hydrogen-bond acceptors (Lipinski definition) is 5. The summed E-state index contributed by atoms with van der Waals surface area (Å²) in [5, 5.41) is 15.9. The number of rotatable bonds is 6. The monoisotopic (exact) mass is 399 g/mol. The van der Waals surface area contributed by atoms with Crippen molar-refractivity contribution in [3.05, 3.63) is 29.3 Å². The van der Waals surface area contributed by atoms with Gasteiger partial charge in [-0.05, 0) is 86.3 Å². The zero-order chi connectivity index (χ0) is 19.8. The van der Waals surface area contributed by atoms with Crippen LogP contribution in [0.2, 0.25) is 0 Å². The number of fused-ring (bicyclic) bond motifs is 2. The first-order valence-electron chi connectivity index (χ1n) is 10.3. The molecule has 1 aromatic carbocycles. The lowest BCUT2D eigenvalue weighted by atomic mass is 9.84. The fourth-order valence-corrected chi connectivity index (χ4v) is 5.90. The fraction of sp³-hybridized carbons (Fsp3) is 0.619. The third kappa shape index (κ3) is 3.69. The van der Waals surface area contributed by atoms with E-state index in [4.69, 9.17) is 0 Å². The summed E-state index contributed by atoms with van der Waals surface area (Å²) >= 11 is 1.41. The van der Waals surface area contributed by atoms with Gasteiger partial charge < -0.3 is 5.32 Å². The van der Waals surface area contributed by atoms with E-state index < -0.39 is 0 Å². The second-order valence-electron chi connectivity index (χ2n) is 8.51. The fourth-order valence-electron chi connectivity index (χ4n) is 5.10. The molecule has 28 heavy (non-hydrogen) atoms. The van der Waals surface area contributed by atoms with Crippen LogP contribution in [-0.2, 0) is 4.79 Å². The molecule has 7 heteroatoms. The van der Waals surface area contributed by atoms with Crippen LogP contribution in [0.3, 0.4) is 0 Å². The molecule has 6 nitrogen and oxygen atoms in total. The van der Waals surface area contributed by atoms with Crippen molar-refractivity contribution in [2.24, 2.45) is 17.8 Å². The molecule has 2 aliphatic rings. The summed E-state index contributed by atoms with van der Waals surface area (Å²) in [6, 6.07) is 6.36. The van der Waals surface area contributed by atoms with Gasteiger partial charge in [0.15, 0.2) is 0 Å². The van der Waals surface area contributed by atoms with E-state index in [0.717, 1.165) is 28.7 Å². The Morgan fingerprint density at radius 2 is 1.96 bits per heavy atom. The van der Waals surface area contributed by atoms with Gasteiger partial charge in [-0.2, -0.15) is 4.68 Å². The van der Waals surface area contributed by atoms with Gasteiger partial charge in [0.1, 0.15) is 0 Å². The Morgan fingerprint density at radius 1 is 1.21 bits per heavy atom. The maximum absolute atomic E-state index is 12.8. The second kappa shape index (κ2) is 7.85. The summed E-state index contributed by atoms with van der Waals surface area (Å²) < 4.78 is 1.75. The lowest BCUT2D eigenvalue weighted by Crippen LogP contribution is -2.43. The molecule has 2 aliphatic carbocycles. The highest BCUT2D eigenvalue weighted by molar-refractivity contribution is 8.00. The van der Waals surface area contributed by atoms with E-state index in [-0.39, 0.29) is 17.2 Å². The standard InChI is InChI=1S/C21H29N5OS/c1-12-6-5-7-13(2)19(12)26-21(23-24-25-26)28-15(4)20(27)22-14(3)18-11-16-8-9-17(18)10-16/h5-7,14-18H,8-11H2,1-4H3,(H,22,27). The third-order valence-electron chi connectivity index (χ3n) is 6.55. The van der Waals surface area contributed by atoms with Crippen LogP contribution in [0.5, 0.6) is 0 Å². The number of carbonyl (C=O) groups excluding carboxylic acids is 1. The number of thioether (sulfide) groups is 1. The number of nitrogens with one attached hydrogen (secondary N) is 1. The van der Waals surface area contributed by atoms with Crippen LogP contribution in [0, 0.1) is 31.6 Å². The van der Waals surface area contributed by atoms with E-state index in [9.17, 15) is 4.79 Å². The second-order valence-corrected chi connectivity index (χ2v) is 9.82. The van der Waals surface area contributed by atoms with Crippen molar-refractivity contribution in [1.29, 1.82) is 0 Å². The highest BCUT2D eigenvalue weighted by Crippen LogP contribution is 2.49. The summed E-state index contributed by atoms with van der Waals surface area (Å²) in [6.45, 7) is 8.19. The summed E-state index contributed by atoms with van der Waals surface area (Å²) in [5.41, 5.74) is 3.20. The van der Waals surface area contributed by atoms with Crippen molar-refractivity contribution < 1.29 is 4.79 Å². The molecule has 0 radical (unpaired) electrons. The van der Waals surface area contributed by atoms with Gasteiger partial charge in [0.25, 0.3) is 0 Å². The molecule has 2 saturated carbocycles. The van der Waals surface area contributed by atoms with Crippen LogP contribution in [0.25, 0.3) is 5.69 Å². The average Bonchev–Trinajstić information content (AvgIpc) is 3.39. The van der Waals surface area contributed by atoms with Crippen LogP contribution >= 0.6 is 11.8 Å². The lowest BCUT2D eigenvalue weighted by molar-refractivity contribution is -0.121. The molecule has 5 atom stereocenters. The lowest BCUT2D eigenvalue weighted by Gasteiger charge is -2.29. The average molecular weight is 400 g/mol. The zero-order valence-corrected chi connectivity index (χ0v) is 17.9. The SMILES string of the molecule is Cc1cccc(C)c1-n1nnnc1SC(C)C(=O)NC(C)C1CC2CCC1C2. The van der Waals surface area contributed by atoms with Crippen molar-refractivity contribution in [2.75, 3.05) is 0 Å². The molecule has 0 spiro atoms. The Morgan fingerprint density at radius 3 is 2.61 bits per heavy atom. The van der Waals surface area contributed by atoms with Crippen LogP contribution in [0.4, 0.5) is 0 Å². The van der Waals surface area contributed by atoms with Gasteiger partial charge >= 0.3 is 0 Å². The van der Waals surface area contributed by atoms with E-state index in [2.05, 4.69) is 27.8 Å². The highest BCUT2D eigenvalue weighted by Gasteiger charge is 2.42. The molecular weight excluding hydrogens is 370 g/mol. The number of tetrazole rings is 1. The molecule has 0 aliphatic heterocycles. The van der Waals surface area contributed by atoms with Gasteiger partial charge in [0, 0.05) is 6.04 Å². The van der Waals surface area contributed by atoms with Crippen molar-refractivity contribution in [1.82, 2.24) is 25.5 Å². The first-order chi connectivity index (χ1) is 13.4. The zero-order valence-electron chi connectivity index (χ0n) is 17.1. The summed E-state index contributed by atoms with van der Waals surface area (Å²) in [6.07, 6.45) is 5.36. The molecule has 2 aromatic rings. The van der Waals surface area contributed by atoms with Gasteiger partial charge in [0.2, 0.25) is 11.1 Å². The van der Waals surface area contributed by atoms with Crippen LogP contribution in [0.1, 0.15) is 50.7 Å². The van der Waals surface area contributed by atoms with E-state index in [1.165, 1.54) is 37.4 Å². The molecule has 1 aromatic heterocycles. The molecule has 0 saturated heterocycles. The molecule has 1 amide bonds. The van der Waals surface area contributed by atoms with E-state index in [1.54, 1.807) is 4.68 Å². The number of benzene rings is 1. The number of aromatic nitrogens is 4. The molecule has 2 fully saturated rings. The Hall–Kier alpha value is -1.89. The van der Waals surface area contributed by atoms with Crippen LogP contribution in [-0.4, -0.2) is 37.4 Å². The van der Waals surface area contributed by atoms with Crippen molar-refractivity contribution >= 4 is 17.7 Å². The van der Waals surface area contributed by atoms with E-state index in [0.29, 0.717) is 11.1 Å². The predicted octanol–water partition coefficient (Wildman–Crippen LogP) is 3.70.